The fraction of sp³-hybridized carbons (Fsp3) is 0.778. The zero-order valence-electron chi connectivity index (χ0n) is 10.9. The molecule has 5 atom stereocenters. The van der Waals surface area contributed by atoms with Crippen LogP contribution in [0.1, 0.15) is 0 Å². The maximum Gasteiger partial charge on any atom is 0.469 e. The molecule has 2 saturated heterocycles. The maximum atomic E-state index is 11.8. The normalized spacial score (nSPS) is 36.6. The van der Waals surface area contributed by atoms with E-state index in [2.05, 4.69) is 9.84 Å². The third-order valence-electron chi connectivity index (χ3n) is 3.18. The zero-order chi connectivity index (χ0) is 16.7. The summed E-state index contributed by atoms with van der Waals surface area (Å²) in [5, 5.41) is 21.8. The van der Waals surface area contributed by atoms with Crippen LogP contribution in [0.25, 0.3) is 0 Å². The lowest BCUT2D eigenvalue weighted by molar-refractivity contribution is -0.124. The van der Waals surface area contributed by atoms with Crippen LogP contribution in [0.4, 0.5) is 4.79 Å². The van der Waals surface area contributed by atoms with Crippen LogP contribution < -0.4 is 5.32 Å². The standard InChI is InChI=1S/C9H14IN2O9P/c10-3-1-12(9(16)11-7(3)15)8-6(14)5(13)4(21-8)2-20-22(17,18)19/h3-6,8,13-14H,1-2H2,(H,11,15,16)(H2,17,18,19). The number of aliphatic hydroxyl groups excluding tert-OH is 2. The quantitative estimate of drug-likeness (QED) is 0.183. The van der Waals surface area contributed by atoms with Crippen LogP contribution in [0.15, 0.2) is 0 Å². The summed E-state index contributed by atoms with van der Waals surface area (Å²) >= 11 is 1.81. The molecule has 0 spiro atoms. The van der Waals surface area contributed by atoms with Crippen molar-refractivity contribution >= 4 is 42.4 Å². The number of urea groups is 1. The fourth-order valence-corrected chi connectivity index (χ4v) is 3.03. The second-order valence-corrected chi connectivity index (χ2v) is 7.49. The lowest BCUT2D eigenvalue weighted by Crippen LogP contribution is -2.60. The first kappa shape index (κ1) is 18.0. The Morgan fingerprint density at radius 3 is 2.59 bits per heavy atom. The average molecular weight is 452 g/mol. The fourth-order valence-electron chi connectivity index (χ4n) is 2.11. The number of halogens is 1. The highest BCUT2D eigenvalue weighted by molar-refractivity contribution is 14.1. The van der Waals surface area contributed by atoms with Gasteiger partial charge in [-0.2, -0.15) is 0 Å². The van der Waals surface area contributed by atoms with E-state index in [1.165, 1.54) is 0 Å². The lowest BCUT2D eigenvalue weighted by Gasteiger charge is -2.34. The van der Waals surface area contributed by atoms with Crippen LogP contribution in [0.2, 0.25) is 0 Å². The Morgan fingerprint density at radius 2 is 2.00 bits per heavy atom. The Balaban J connectivity index is 2.04. The van der Waals surface area contributed by atoms with Gasteiger partial charge in [0.25, 0.3) is 0 Å². The third-order valence-corrected chi connectivity index (χ3v) is 4.63. The minimum absolute atomic E-state index is 0.0360. The van der Waals surface area contributed by atoms with Gasteiger partial charge in [-0.15, -0.1) is 0 Å². The van der Waals surface area contributed by atoms with Crippen LogP contribution >= 0.6 is 30.4 Å². The summed E-state index contributed by atoms with van der Waals surface area (Å²) in [6, 6.07) is -0.786. The molecule has 2 fully saturated rings. The molecule has 0 aromatic heterocycles. The van der Waals surface area contributed by atoms with Crippen molar-refractivity contribution in [1.82, 2.24) is 10.2 Å². The van der Waals surface area contributed by atoms with Crippen molar-refractivity contribution in [3.8, 4) is 0 Å². The number of rotatable bonds is 4. The van der Waals surface area contributed by atoms with Gasteiger partial charge in [-0.3, -0.25) is 19.5 Å². The topological polar surface area (TPSA) is 166 Å². The van der Waals surface area contributed by atoms with E-state index in [0.717, 1.165) is 4.90 Å². The second-order valence-electron chi connectivity index (χ2n) is 4.75. The minimum atomic E-state index is -4.76. The third kappa shape index (κ3) is 3.94. The van der Waals surface area contributed by atoms with Crippen molar-refractivity contribution in [3.63, 3.8) is 0 Å². The molecule has 2 heterocycles. The van der Waals surface area contributed by atoms with E-state index in [1.807, 2.05) is 0 Å². The van der Waals surface area contributed by atoms with Crippen LogP contribution in [-0.4, -0.2) is 78.5 Å². The molecule has 5 N–H and O–H groups in total. The highest BCUT2D eigenvalue weighted by atomic mass is 127. The average Bonchev–Trinajstić information content (AvgIpc) is 2.68. The van der Waals surface area contributed by atoms with Crippen molar-refractivity contribution in [2.24, 2.45) is 0 Å². The number of hydrogen-bond donors (Lipinski definition) is 5. The number of phosphoric ester groups is 1. The smallest absolute Gasteiger partial charge is 0.387 e. The summed E-state index contributed by atoms with van der Waals surface area (Å²) in [6.45, 7) is -0.702. The number of nitrogens with one attached hydrogen (secondary N) is 1. The molecule has 13 heteroatoms. The molecule has 2 aliphatic rings. The molecule has 0 aromatic rings. The lowest BCUT2D eigenvalue weighted by atomic mass is 10.1. The van der Waals surface area contributed by atoms with Crippen LogP contribution in [0.5, 0.6) is 0 Å². The predicted molar refractivity (Wildman–Crippen MR) is 76.7 cm³/mol. The van der Waals surface area contributed by atoms with Crippen molar-refractivity contribution in [2.45, 2.75) is 28.5 Å². The summed E-state index contributed by atoms with van der Waals surface area (Å²) < 4.78 is 19.6. The van der Waals surface area contributed by atoms with Gasteiger partial charge in [0.05, 0.1) is 6.61 Å². The highest BCUT2D eigenvalue weighted by Crippen LogP contribution is 2.37. The maximum absolute atomic E-state index is 11.8. The van der Waals surface area contributed by atoms with Crippen molar-refractivity contribution in [1.29, 1.82) is 0 Å². The largest absolute Gasteiger partial charge is 0.469 e. The van der Waals surface area contributed by atoms with Gasteiger partial charge in [0.15, 0.2) is 6.23 Å². The molecule has 0 saturated carbocycles. The predicted octanol–water partition coefficient (Wildman–Crippen LogP) is -2.10. The number of imide groups is 1. The first-order valence-electron chi connectivity index (χ1n) is 6.07. The first-order chi connectivity index (χ1) is 10.1. The molecule has 0 aliphatic carbocycles. The van der Waals surface area contributed by atoms with Gasteiger partial charge in [-0.25, -0.2) is 9.36 Å². The Kier molecular flexibility index (Phi) is 5.44. The number of carbonyl (C=O) groups is 2. The van der Waals surface area contributed by atoms with Crippen molar-refractivity contribution < 1.29 is 43.4 Å². The molecule has 0 aromatic carbocycles. The van der Waals surface area contributed by atoms with Gasteiger partial charge >= 0.3 is 13.9 Å². The Labute approximate surface area is 137 Å². The molecule has 2 rings (SSSR count). The van der Waals surface area contributed by atoms with Crippen molar-refractivity contribution in [2.75, 3.05) is 13.2 Å². The minimum Gasteiger partial charge on any atom is -0.387 e. The number of carbonyl (C=O) groups excluding carboxylic acids is 2. The van der Waals surface area contributed by atoms with E-state index in [4.69, 9.17) is 14.5 Å². The van der Waals surface area contributed by atoms with E-state index >= 15 is 0 Å². The van der Waals surface area contributed by atoms with E-state index in [0.29, 0.717) is 0 Å². The second kappa shape index (κ2) is 6.65. The number of nitrogens with zero attached hydrogens (tertiary/aromatic N) is 1. The molecular formula is C9H14IN2O9P. The van der Waals surface area contributed by atoms with Crippen LogP contribution in [-0.2, 0) is 18.6 Å². The molecule has 22 heavy (non-hydrogen) atoms. The Bertz CT molecular complexity index is 513. The van der Waals surface area contributed by atoms with E-state index in [9.17, 15) is 24.4 Å². The van der Waals surface area contributed by atoms with Gasteiger partial charge in [-0.05, 0) is 0 Å². The monoisotopic (exact) mass is 452 g/mol. The zero-order valence-corrected chi connectivity index (χ0v) is 14.0. The first-order valence-corrected chi connectivity index (χ1v) is 8.85. The Hall–Kier alpha value is -0.340. The number of aliphatic hydroxyl groups is 2. The summed E-state index contributed by atoms with van der Waals surface area (Å²) in [4.78, 5) is 41.4. The summed E-state index contributed by atoms with van der Waals surface area (Å²) in [5.41, 5.74) is 0. The van der Waals surface area contributed by atoms with Gasteiger partial charge in [-0.1, -0.05) is 22.6 Å². The summed E-state index contributed by atoms with van der Waals surface area (Å²) in [6.07, 6.45) is -5.50. The van der Waals surface area contributed by atoms with Crippen molar-refractivity contribution in [3.05, 3.63) is 0 Å². The highest BCUT2D eigenvalue weighted by Gasteiger charge is 2.49. The molecule has 3 amide bonds. The summed E-state index contributed by atoms with van der Waals surface area (Å²) in [7, 11) is -4.76. The van der Waals surface area contributed by atoms with Gasteiger partial charge in [0.2, 0.25) is 5.91 Å². The molecule has 2 aliphatic heterocycles. The van der Waals surface area contributed by atoms with E-state index in [-0.39, 0.29) is 6.54 Å². The molecule has 126 valence electrons. The van der Waals surface area contributed by atoms with E-state index < -0.39 is 54.8 Å². The molecular weight excluding hydrogens is 438 g/mol. The molecule has 11 nitrogen and oxygen atoms in total. The van der Waals surface area contributed by atoms with Crippen LogP contribution in [0.3, 0.4) is 0 Å². The van der Waals surface area contributed by atoms with Gasteiger partial charge in [0, 0.05) is 6.54 Å². The number of phosphoric acid groups is 1. The van der Waals surface area contributed by atoms with Gasteiger partial charge in [0.1, 0.15) is 22.2 Å². The van der Waals surface area contributed by atoms with Gasteiger partial charge < -0.3 is 24.7 Å². The van der Waals surface area contributed by atoms with Crippen LogP contribution in [0, 0.1) is 0 Å². The number of ether oxygens (including phenoxy) is 1. The molecule has 5 unspecified atom stereocenters. The van der Waals surface area contributed by atoms with E-state index in [1.54, 1.807) is 22.6 Å². The molecule has 0 radical (unpaired) electrons. The molecule has 0 bridgehead atoms. The number of alkyl halides is 1. The summed E-state index contributed by atoms with van der Waals surface area (Å²) in [5.74, 6) is -0.476. The SMILES string of the molecule is O=C1NC(=O)N(C2OC(COP(=O)(O)O)C(O)C2O)CC1I. The Morgan fingerprint density at radius 1 is 1.36 bits per heavy atom. The number of amides is 3. The number of hydrogen-bond acceptors (Lipinski definition) is 7.